The number of amidine groups is 1. The summed E-state index contributed by atoms with van der Waals surface area (Å²) >= 11 is 0. The van der Waals surface area contributed by atoms with E-state index in [-0.39, 0.29) is 0 Å². The molecule has 2 aromatic carbocycles. The molecule has 3 rings (SSSR count). The highest BCUT2D eigenvalue weighted by Gasteiger charge is 2.19. The summed E-state index contributed by atoms with van der Waals surface area (Å²) < 4.78 is 0. The molecule has 0 N–H and O–H groups in total. The molecule has 1 aliphatic rings. The van der Waals surface area contributed by atoms with Crippen LogP contribution in [0.25, 0.3) is 0 Å². The highest BCUT2D eigenvalue weighted by Crippen LogP contribution is 2.17. The van der Waals surface area contributed by atoms with E-state index in [4.69, 9.17) is 4.99 Å². The van der Waals surface area contributed by atoms with Crippen LogP contribution in [0.5, 0.6) is 0 Å². The molecule has 0 aliphatic carbocycles. The molecule has 0 unspecified atom stereocenters. The number of piperazine rings is 1. The average molecular weight is 293 g/mol. The molecule has 1 aliphatic heterocycles. The lowest BCUT2D eigenvalue weighted by Crippen LogP contribution is -2.47. The van der Waals surface area contributed by atoms with Crippen LogP contribution in [0, 0.1) is 6.92 Å². The smallest absolute Gasteiger partial charge is 0.136 e. The molecule has 0 spiro atoms. The fourth-order valence-corrected chi connectivity index (χ4v) is 2.75. The van der Waals surface area contributed by atoms with Crippen molar-refractivity contribution in [3.05, 3.63) is 65.7 Å². The van der Waals surface area contributed by atoms with Gasteiger partial charge in [-0.15, -0.1) is 0 Å². The molecule has 0 radical (unpaired) electrons. The Labute approximate surface area is 132 Å². The van der Waals surface area contributed by atoms with Crippen molar-refractivity contribution in [3.63, 3.8) is 0 Å². The van der Waals surface area contributed by atoms with Crippen molar-refractivity contribution in [2.45, 2.75) is 6.92 Å². The van der Waals surface area contributed by atoms with E-state index in [0.29, 0.717) is 0 Å². The second-order valence-electron chi connectivity index (χ2n) is 5.93. The Morgan fingerprint density at radius 2 is 1.64 bits per heavy atom. The Balaban J connectivity index is 1.97. The molecule has 1 heterocycles. The number of aliphatic imine (C=N–C) groups is 1. The zero-order valence-electron chi connectivity index (χ0n) is 13.4. The second-order valence-corrected chi connectivity index (χ2v) is 5.93. The first kappa shape index (κ1) is 14.8. The molecule has 1 saturated heterocycles. The van der Waals surface area contributed by atoms with Crippen LogP contribution in [0.15, 0.2) is 59.6 Å². The molecule has 0 bridgehead atoms. The summed E-state index contributed by atoms with van der Waals surface area (Å²) in [4.78, 5) is 9.72. The molecule has 0 atom stereocenters. The van der Waals surface area contributed by atoms with Gasteiger partial charge in [-0.25, -0.2) is 4.99 Å². The van der Waals surface area contributed by atoms with E-state index in [0.717, 1.165) is 37.7 Å². The minimum absolute atomic E-state index is 1.01. The number of nitrogens with zero attached hydrogens (tertiary/aromatic N) is 3. The Bertz CT molecular complexity index is 641. The standard InChI is InChI=1S/C19H23N3/c1-16-7-6-8-17(15-16)19(20-18-9-4-3-5-10-18)22-13-11-21(2)12-14-22/h3-10,15H,11-14H2,1-2H3. The van der Waals surface area contributed by atoms with Crippen LogP contribution < -0.4 is 0 Å². The summed E-state index contributed by atoms with van der Waals surface area (Å²) in [5.41, 5.74) is 3.48. The third-order valence-corrected chi connectivity index (χ3v) is 4.07. The van der Waals surface area contributed by atoms with Gasteiger partial charge in [0.15, 0.2) is 0 Å². The normalized spacial score (nSPS) is 16.8. The van der Waals surface area contributed by atoms with Gasteiger partial charge in [0.25, 0.3) is 0 Å². The molecule has 3 heteroatoms. The molecule has 1 fully saturated rings. The molecular weight excluding hydrogens is 270 g/mol. The predicted octanol–water partition coefficient (Wildman–Crippen LogP) is 3.32. The van der Waals surface area contributed by atoms with Gasteiger partial charge < -0.3 is 9.80 Å². The van der Waals surface area contributed by atoms with Gasteiger partial charge >= 0.3 is 0 Å². The predicted molar refractivity (Wildman–Crippen MR) is 92.9 cm³/mol. The van der Waals surface area contributed by atoms with Gasteiger partial charge in [0.2, 0.25) is 0 Å². The van der Waals surface area contributed by atoms with Crippen molar-refractivity contribution in [1.82, 2.24) is 9.80 Å². The van der Waals surface area contributed by atoms with Crippen LogP contribution in [0.4, 0.5) is 5.69 Å². The van der Waals surface area contributed by atoms with Gasteiger partial charge in [0.1, 0.15) is 5.84 Å². The van der Waals surface area contributed by atoms with E-state index in [1.54, 1.807) is 0 Å². The number of benzene rings is 2. The molecule has 0 amide bonds. The van der Waals surface area contributed by atoms with Crippen molar-refractivity contribution in [2.75, 3.05) is 33.2 Å². The average Bonchev–Trinajstić information content (AvgIpc) is 2.55. The first-order chi connectivity index (χ1) is 10.7. The Morgan fingerprint density at radius 3 is 2.32 bits per heavy atom. The van der Waals surface area contributed by atoms with Gasteiger partial charge in [-0.05, 0) is 32.2 Å². The summed E-state index contributed by atoms with van der Waals surface area (Å²) in [6.07, 6.45) is 0. The van der Waals surface area contributed by atoms with Crippen LogP contribution in [0.1, 0.15) is 11.1 Å². The van der Waals surface area contributed by atoms with E-state index < -0.39 is 0 Å². The summed E-state index contributed by atoms with van der Waals surface area (Å²) in [6, 6.07) is 18.9. The van der Waals surface area contributed by atoms with E-state index in [2.05, 4.69) is 60.2 Å². The van der Waals surface area contributed by atoms with Crippen LogP contribution in [0.3, 0.4) is 0 Å². The van der Waals surface area contributed by atoms with Crippen molar-refractivity contribution in [2.24, 2.45) is 4.99 Å². The van der Waals surface area contributed by atoms with Crippen LogP contribution in [-0.2, 0) is 0 Å². The minimum atomic E-state index is 1.01. The lowest BCUT2D eigenvalue weighted by atomic mass is 10.1. The van der Waals surface area contributed by atoms with Gasteiger partial charge in [0, 0.05) is 31.7 Å². The monoisotopic (exact) mass is 293 g/mol. The maximum absolute atomic E-state index is 4.94. The number of aryl methyl sites for hydroxylation is 1. The number of hydrogen-bond donors (Lipinski definition) is 0. The maximum Gasteiger partial charge on any atom is 0.136 e. The summed E-state index contributed by atoms with van der Waals surface area (Å²) in [5, 5.41) is 0. The summed E-state index contributed by atoms with van der Waals surface area (Å²) in [6.45, 7) is 6.35. The van der Waals surface area contributed by atoms with Gasteiger partial charge in [0.05, 0.1) is 5.69 Å². The highest BCUT2D eigenvalue weighted by atomic mass is 15.3. The maximum atomic E-state index is 4.94. The Hall–Kier alpha value is -2.13. The van der Waals surface area contributed by atoms with Crippen LogP contribution in [-0.4, -0.2) is 48.9 Å². The highest BCUT2D eigenvalue weighted by molar-refractivity contribution is 6.00. The number of para-hydroxylation sites is 1. The third kappa shape index (κ3) is 3.55. The Kier molecular flexibility index (Phi) is 4.54. The lowest BCUT2D eigenvalue weighted by Gasteiger charge is -2.34. The van der Waals surface area contributed by atoms with Gasteiger partial charge in [-0.1, -0.05) is 42.0 Å². The molecule has 2 aromatic rings. The molecule has 22 heavy (non-hydrogen) atoms. The van der Waals surface area contributed by atoms with E-state index in [1.165, 1.54) is 11.1 Å². The van der Waals surface area contributed by atoms with E-state index >= 15 is 0 Å². The van der Waals surface area contributed by atoms with Gasteiger partial charge in [-0.2, -0.15) is 0 Å². The fraction of sp³-hybridized carbons (Fsp3) is 0.316. The van der Waals surface area contributed by atoms with E-state index in [1.807, 2.05) is 18.2 Å². The summed E-state index contributed by atoms with van der Waals surface area (Å²) in [7, 11) is 2.18. The van der Waals surface area contributed by atoms with Crippen molar-refractivity contribution in [1.29, 1.82) is 0 Å². The quantitative estimate of drug-likeness (QED) is 0.625. The van der Waals surface area contributed by atoms with Gasteiger partial charge in [-0.3, -0.25) is 0 Å². The number of likely N-dealkylation sites (N-methyl/N-ethyl adjacent to an activating group) is 1. The largest absolute Gasteiger partial charge is 0.354 e. The zero-order valence-corrected chi connectivity index (χ0v) is 13.4. The molecule has 0 saturated carbocycles. The van der Waals surface area contributed by atoms with Crippen LogP contribution >= 0.6 is 0 Å². The minimum Gasteiger partial charge on any atom is -0.354 e. The molecule has 3 nitrogen and oxygen atoms in total. The van der Waals surface area contributed by atoms with Crippen molar-refractivity contribution >= 4 is 11.5 Å². The lowest BCUT2D eigenvalue weighted by molar-refractivity contribution is 0.216. The third-order valence-electron chi connectivity index (χ3n) is 4.07. The first-order valence-corrected chi connectivity index (χ1v) is 7.86. The summed E-state index contributed by atoms with van der Waals surface area (Å²) in [5.74, 6) is 1.09. The molecule has 114 valence electrons. The fourth-order valence-electron chi connectivity index (χ4n) is 2.75. The Morgan fingerprint density at radius 1 is 0.909 bits per heavy atom. The second kappa shape index (κ2) is 6.75. The van der Waals surface area contributed by atoms with Crippen molar-refractivity contribution < 1.29 is 0 Å². The zero-order chi connectivity index (χ0) is 15.4. The number of rotatable bonds is 2. The SMILES string of the molecule is Cc1cccc(C(=Nc2ccccc2)N2CCN(C)CC2)c1. The molecular formula is C19H23N3. The van der Waals surface area contributed by atoms with Crippen molar-refractivity contribution in [3.8, 4) is 0 Å². The molecule has 0 aromatic heterocycles. The topological polar surface area (TPSA) is 18.8 Å². The first-order valence-electron chi connectivity index (χ1n) is 7.86. The van der Waals surface area contributed by atoms with Crippen LogP contribution in [0.2, 0.25) is 0 Å². The number of hydrogen-bond acceptors (Lipinski definition) is 2. The van der Waals surface area contributed by atoms with E-state index in [9.17, 15) is 0 Å².